The molecule has 0 radical (unpaired) electrons. The Kier molecular flexibility index (Phi) is 4.72. The zero-order valence-electron chi connectivity index (χ0n) is 13.5. The van der Waals surface area contributed by atoms with Gasteiger partial charge in [0.05, 0.1) is 6.20 Å². The summed E-state index contributed by atoms with van der Waals surface area (Å²) in [5.74, 6) is 0.355. The maximum atomic E-state index is 12.5. The number of aryl methyl sites for hydroxylation is 1. The van der Waals surface area contributed by atoms with Crippen LogP contribution in [0.3, 0.4) is 0 Å². The van der Waals surface area contributed by atoms with Crippen LogP contribution in [0.25, 0.3) is 0 Å². The summed E-state index contributed by atoms with van der Waals surface area (Å²) >= 11 is 0. The largest absolute Gasteiger partial charge is 0.340 e. The van der Waals surface area contributed by atoms with Crippen LogP contribution in [0.2, 0.25) is 0 Å². The maximum Gasteiger partial charge on any atom is 0.246 e. The van der Waals surface area contributed by atoms with Gasteiger partial charge in [0.1, 0.15) is 4.90 Å². The number of amides is 1. The van der Waals surface area contributed by atoms with Gasteiger partial charge in [0.15, 0.2) is 0 Å². The Morgan fingerprint density at radius 3 is 2.35 bits per heavy atom. The van der Waals surface area contributed by atoms with Crippen molar-refractivity contribution in [1.29, 1.82) is 0 Å². The van der Waals surface area contributed by atoms with E-state index in [1.54, 1.807) is 7.05 Å². The predicted octanol–water partition coefficient (Wildman–Crippen LogP) is 0.833. The summed E-state index contributed by atoms with van der Waals surface area (Å²) < 4.78 is 28.0. The number of piperazine rings is 1. The molecule has 2 fully saturated rings. The van der Waals surface area contributed by atoms with Gasteiger partial charge in [-0.3, -0.25) is 9.48 Å². The number of hydrogen-bond acceptors (Lipinski definition) is 4. The molecule has 1 saturated heterocycles. The smallest absolute Gasteiger partial charge is 0.246 e. The average Bonchev–Trinajstić information content (AvgIpc) is 3.02. The summed E-state index contributed by atoms with van der Waals surface area (Å²) in [6.07, 6.45) is 8.32. The highest BCUT2D eigenvalue weighted by atomic mass is 32.2. The molecule has 1 aromatic rings. The minimum absolute atomic E-state index is 0.144. The SMILES string of the molecule is Cn1cc(S(=O)(=O)N2CCN(C(=O)C3CCCCC3)CC2)cn1. The van der Waals surface area contributed by atoms with E-state index in [-0.39, 0.29) is 16.7 Å². The Balaban J connectivity index is 1.60. The molecule has 0 unspecified atom stereocenters. The van der Waals surface area contributed by atoms with E-state index in [1.807, 2.05) is 4.90 Å². The van der Waals surface area contributed by atoms with E-state index in [4.69, 9.17) is 0 Å². The van der Waals surface area contributed by atoms with Crippen molar-refractivity contribution in [2.75, 3.05) is 26.2 Å². The van der Waals surface area contributed by atoms with Crippen LogP contribution < -0.4 is 0 Å². The lowest BCUT2D eigenvalue weighted by atomic mass is 9.88. The molecule has 0 bridgehead atoms. The van der Waals surface area contributed by atoms with Crippen LogP contribution in [0.5, 0.6) is 0 Å². The Labute approximate surface area is 137 Å². The maximum absolute atomic E-state index is 12.5. The summed E-state index contributed by atoms with van der Waals surface area (Å²) in [6.45, 7) is 1.68. The zero-order chi connectivity index (χ0) is 16.4. The van der Waals surface area contributed by atoms with Crippen molar-refractivity contribution in [3.8, 4) is 0 Å². The Morgan fingerprint density at radius 2 is 1.78 bits per heavy atom. The number of carbonyl (C=O) groups excluding carboxylic acids is 1. The molecule has 0 aromatic carbocycles. The molecular formula is C15H24N4O3S. The van der Waals surface area contributed by atoms with E-state index in [9.17, 15) is 13.2 Å². The normalized spacial score (nSPS) is 21.5. The molecule has 8 heteroatoms. The Morgan fingerprint density at radius 1 is 1.13 bits per heavy atom. The molecule has 3 rings (SSSR count). The summed E-state index contributed by atoms with van der Waals surface area (Å²) in [5, 5.41) is 3.93. The third-order valence-electron chi connectivity index (χ3n) is 4.82. The van der Waals surface area contributed by atoms with Crippen LogP contribution in [0.1, 0.15) is 32.1 Å². The Hall–Kier alpha value is -1.41. The molecule has 2 aliphatic rings. The first-order valence-corrected chi connectivity index (χ1v) is 9.70. The van der Waals surface area contributed by atoms with Crippen LogP contribution in [0, 0.1) is 5.92 Å². The molecule has 128 valence electrons. The predicted molar refractivity (Wildman–Crippen MR) is 85.1 cm³/mol. The fraction of sp³-hybridized carbons (Fsp3) is 0.733. The van der Waals surface area contributed by atoms with Crippen molar-refractivity contribution in [2.45, 2.75) is 37.0 Å². The Bertz CT molecular complexity index is 656. The van der Waals surface area contributed by atoms with Crippen molar-refractivity contribution in [1.82, 2.24) is 19.0 Å². The molecule has 23 heavy (non-hydrogen) atoms. The van der Waals surface area contributed by atoms with Crippen molar-refractivity contribution in [3.63, 3.8) is 0 Å². The number of aromatic nitrogens is 2. The molecule has 1 aliphatic heterocycles. The van der Waals surface area contributed by atoms with Crippen LogP contribution in [-0.2, 0) is 21.9 Å². The molecular weight excluding hydrogens is 316 g/mol. The van der Waals surface area contributed by atoms with Gasteiger partial charge < -0.3 is 4.90 Å². The van der Waals surface area contributed by atoms with Gasteiger partial charge in [-0.25, -0.2) is 8.42 Å². The van der Waals surface area contributed by atoms with E-state index in [2.05, 4.69) is 5.10 Å². The molecule has 1 saturated carbocycles. The minimum atomic E-state index is -3.50. The number of nitrogens with zero attached hydrogens (tertiary/aromatic N) is 4. The van der Waals surface area contributed by atoms with Gasteiger partial charge in [-0.2, -0.15) is 9.40 Å². The zero-order valence-corrected chi connectivity index (χ0v) is 14.3. The van der Waals surface area contributed by atoms with Crippen LogP contribution in [0.15, 0.2) is 17.3 Å². The van der Waals surface area contributed by atoms with E-state index < -0.39 is 10.0 Å². The first-order valence-electron chi connectivity index (χ1n) is 8.26. The third-order valence-corrected chi connectivity index (χ3v) is 6.68. The van der Waals surface area contributed by atoms with Crippen molar-refractivity contribution < 1.29 is 13.2 Å². The fourth-order valence-corrected chi connectivity index (χ4v) is 4.85. The van der Waals surface area contributed by atoms with Gasteiger partial charge in [-0.1, -0.05) is 19.3 Å². The van der Waals surface area contributed by atoms with Gasteiger partial charge in [0.25, 0.3) is 0 Å². The van der Waals surface area contributed by atoms with Crippen molar-refractivity contribution in [3.05, 3.63) is 12.4 Å². The van der Waals surface area contributed by atoms with Gasteiger partial charge in [-0.15, -0.1) is 0 Å². The van der Waals surface area contributed by atoms with E-state index >= 15 is 0 Å². The van der Waals surface area contributed by atoms with E-state index in [1.165, 1.54) is 27.8 Å². The van der Waals surface area contributed by atoms with Crippen LogP contribution in [0.4, 0.5) is 0 Å². The van der Waals surface area contributed by atoms with Crippen LogP contribution >= 0.6 is 0 Å². The second-order valence-corrected chi connectivity index (χ2v) is 8.35. The van der Waals surface area contributed by atoms with Crippen LogP contribution in [-0.4, -0.2) is 59.5 Å². The lowest BCUT2D eigenvalue weighted by Gasteiger charge is -2.36. The minimum Gasteiger partial charge on any atom is -0.340 e. The number of rotatable bonds is 3. The molecule has 1 aliphatic carbocycles. The molecule has 0 N–H and O–H groups in total. The number of sulfonamides is 1. The molecule has 1 aromatic heterocycles. The number of carbonyl (C=O) groups is 1. The topological polar surface area (TPSA) is 75.5 Å². The second kappa shape index (κ2) is 6.60. The first kappa shape index (κ1) is 16.4. The average molecular weight is 340 g/mol. The van der Waals surface area contributed by atoms with Gasteiger partial charge >= 0.3 is 0 Å². The highest BCUT2D eigenvalue weighted by Crippen LogP contribution is 2.26. The van der Waals surface area contributed by atoms with Gasteiger partial charge in [-0.05, 0) is 12.8 Å². The summed E-state index contributed by atoms with van der Waals surface area (Å²) in [6, 6.07) is 0. The molecule has 1 amide bonds. The third kappa shape index (κ3) is 3.42. The summed E-state index contributed by atoms with van der Waals surface area (Å²) in [5.41, 5.74) is 0. The summed E-state index contributed by atoms with van der Waals surface area (Å²) in [7, 11) is -1.81. The summed E-state index contributed by atoms with van der Waals surface area (Å²) in [4.78, 5) is 14.6. The lowest BCUT2D eigenvalue weighted by molar-refractivity contribution is -0.137. The van der Waals surface area contributed by atoms with Gasteiger partial charge in [0, 0.05) is 45.3 Å². The molecule has 0 atom stereocenters. The molecule has 7 nitrogen and oxygen atoms in total. The highest BCUT2D eigenvalue weighted by molar-refractivity contribution is 7.89. The molecule has 2 heterocycles. The van der Waals surface area contributed by atoms with Crippen molar-refractivity contribution >= 4 is 15.9 Å². The quantitative estimate of drug-likeness (QED) is 0.817. The van der Waals surface area contributed by atoms with Crippen molar-refractivity contribution in [2.24, 2.45) is 13.0 Å². The second-order valence-electron chi connectivity index (χ2n) is 6.41. The van der Waals surface area contributed by atoms with E-state index in [0.717, 1.165) is 25.7 Å². The lowest BCUT2D eigenvalue weighted by Crippen LogP contribution is -2.52. The monoisotopic (exact) mass is 340 g/mol. The fourth-order valence-electron chi connectivity index (χ4n) is 3.44. The standard InChI is InChI=1S/C15H24N4O3S/c1-17-12-14(11-16-17)23(21,22)19-9-7-18(8-10-19)15(20)13-5-3-2-4-6-13/h11-13H,2-10H2,1H3. The van der Waals surface area contributed by atoms with E-state index in [0.29, 0.717) is 26.2 Å². The first-order chi connectivity index (χ1) is 11.0. The molecule has 0 spiro atoms. The number of hydrogen-bond donors (Lipinski definition) is 0. The van der Waals surface area contributed by atoms with Gasteiger partial charge in [0.2, 0.25) is 15.9 Å². The highest BCUT2D eigenvalue weighted by Gasteiger charge is 2.33.